The van der Waals surface area contributed by atoms with Crippen LogP contribution in [-0.2, 0) is 15.6 Å². The number of hydrogen-bond donors (Lipinski definition) is 0. The highest BCUT2D eigenvalue weighted by Crippen LogP contribution is 2.26. The number of rotatable bonds is 4. The van der Waals surface area contributed by atoms with Crippen molar-refractivity contribution < 1.29 is 13.2 Å². The van der Waals surface area contributed by atoms with Crippen molar-refractivity contribution in [2.45, 2.75) is 38.6 Å². The Labute approximate surface area is 130 Å². The van der Waals surface area contributed by atoms with Crippen molar-refractivity contribution in [3.63, 3.8) is 0 Å². The molecule has 21 heavy (non-hydrogen) atoms. The summed E-state index contributed by atoms with van der Waals surface area (Å²) in [6, 6.07) is 1.37. The third-order valence-electron chi connectivity index (χ3n) is 4.17. The Bertz CT molecular complexity index is 637. The second-order valence-electron chi connectivity index (χ2n) is 5.83. The number of likely N-dealkylation sites (tertiary alicyclic amines) is 1. The first kappa shape index (κ1) is 16.4. The highest BCUT2D eigenvalue weighted by molar-refractivity contribution is 8.13. The topological polar surface area (TPSA) is 59.4 Å². The zero-order valence-corrected chi connectivity index (χ0v) is 14.1. The molecule has 0 spiro atoms. The van der Waals surface area contributed by atoms with Crippen LogP contribution >= 0.6 is 10.7 Å². The van der Waals surface area contributed by atoms with Crippen molar-refractivity contribution in [1.29, 1.82) is 0 Å². The van der Waals surface area contributed by atoms with Crippen molar-refractivity contribution in [2.24, 2.45) is 11.8 Å². The summed E-state index contributed by atoms with van der Waals surface area (Å²) in [4.78, 5) is 14.4. The van der Waals surface area contributed by atoms with Crippen LogP contribution in [0, 0.1) is 11.8 Å². The molecule has 1 aliphatic rings. The molecule has 1 atom stereocenters. The minimum absolute atomic E-state index is 0.0195. The SMILES string of the molecule is CCn1cc(S(=O)(=O)Cl)cc1C(=O)N1CCC(C(C)C)C1. The smallest absolute Gasteiger partial charge is 0.270 e. The molecule has 0 radical (unpaired) electrons. The zero-order valence-electron chi connectivity index (χ0n) is 12.5. The summed E-state index contributed by atoms with van der Waals surface area (Å²) in [6.45, 7) is 8.16. The van der Waals surface area contributed by atoms with Gasteiger partial charge >= 0.3 is 0 Å². The molecule has 118 valence electrons. The van der Waals surface area contributed by atoms with Gasteiger partial charge in [-0.25, -0.2) is 8.42 Å². The van der Waals surface area contributed by atoms with Crippen LogP contribution in [0.15, 0.2) is 17.2 Å². The third-order valence-corrected chi connectivity index (χ3v) is 5.49. The molecule has 1 amide bonds. The lowest BCUT2D eigenvalue weighted by molar-refractivity contribution is 0.0773. The second kappa shape index (κ2) is 6.01. The van der Waals surface area contributed by atoms with Crippen LogP contribution < -0.4 is 0 Å². The molecule has 0 aliphatic carbocycles. The minimum Gasteiger partial charge on any atom is -0.342 e. The van der Waals surface area contributed by atoms with Gasteiger partial charge in [-0.3, -0.25) is 4.79 Å². The maximum atomic E-state index is 12.6. The molecule has 0 N–H and O–H groups in total. The van der Waals surface area contributed by atoms with Gasteiger partial charge in [-0.05, 0) is 31.2 Å². The number of carbonyl (C=O) groups is 1. The summed E-state index contributed by atoms with van der Waals surface area (Å²) in [5.41, 5.74) is 0.390. The quantitative estimate of drug-likeness (QED) is 0.796. The van der Waals surface area contributed by atoms with E-state index in [4.69, 9.17) is 10.7 Å². The molecule has 5 nitrogen and oxygen atoms in total. The first-order chi connectivity index (χ1) is 9.74. The molecule has 2 rings (SSSR count). The molecular weight excluding hydrogens is 312 g/mol. The first-order valence-electron chi connectivity index (χ1n) is 7.18. The van der Waals surface area contributed by atoms with E-state index < -0.39 is 9.05 Å². The lowest BCUT2D eigenvalue weighted by Crippen LogP contribution is -2.30. The molecule has 1 aromatic heterocycles. The molecule has 2 heterocycles. The van der Waals surface area contributed by atoms with Gasteiger partial charge in [0.2, 0.25) is 0 Å². The van der Waals surface area contributed by atoms with E-state index in [1.807, 2.05) is 6.92 Å². The van der Waals surface area contributed by atoms with Crippen LogP contribution in [0.25, 0.3) is 0 Å². The molecule has 1 fully saturated rings. The maximum Gasteiger partial charge on any atom is 0.270 e. The van der Waals surface area contributed by atoms with Gasteiger partial charge in [0.1, 0.15) is 10.6 Å². The predicted molar refractivity (Wildman–Crippen MR) is 82.0 cm³/mol. The molecule has 7 heteroatoms. The lowest BCUT2D eigenvalue weighted by Gasteiger charge is -2.18. The van der Waals surface area contributed by atoms with Crippen LogP contribution in [0.4, 0.5) is 0 Å². The highest BCUT2D eigenvalue weighted by atomic mass is 35.7. The summed E-state index contributed by atoms with van der Waals surface area (Å²) < 4.78 is 24.5. The average Bonchev–Trinajstić information content (AvgIpc) is 3.04. The molecule has 1 aromatic rings. The van der Waals surface area contributed by atoms with Crippen molar-refractivity contribution in [2.75, 3.05) is 13.1 Å². The van der Waals surface area contributed by atoms with E-state index in [0.29, 0.717) is 24.1 Å². The van der Waals surface area contributed by atoms with Crippen LogP contribution in [0.2, 0.25) is 0 Å². The van der Waals surface area contributed by atoms with Gasteiger partial charge in [-0.2, -0.15) is 0 Å². The Morgan fingerprint density at radius 1 is 1.48 bits per heavy atom. The Hall–Kier alpha value is -1.01. The Morgan fingerprint density at radius 3 is 2.62 bits per heavy atom. The van der Waals surface area contributed by atoms with E-state index >= 15 is 0 Å². The normalized spacial score (nSPS) is 19.5. The van der Waals surface area contributed by atoms with Crippen LogP contribution in [-0.4, -0.2) is 36.9 Å². The van der Waals surface area contributed by atoms with Gasteiger partial charge in [0.25, 0.3) is 15.0 Å². The standard InChI is InChI=1S/C14H21ClN2O3S/c1-4-16-9-12(21(15,19)20)7-13(16)14(18)17-6-5-11(8-17)10(2)3/h7,9-11H,4-6,8H2,1-3H3. The van der Waals surface area contributed by atoms with E-state index in [9.17, 15) is 13.2 Å². The summed E-state index contributed by atoms with van der Waals surface area (Å²) in [5, 5.41) is 0. The van der Waals surface area contributed by atoms with Crippen LogP contribution in [0.5, 0.6) is 0 Å². The fourth-order valence-corrected chi connectivity index (χ4v) is 3.49. The fourth-order valence-electron chi connectivity index (χ4n) is 2.74. The lowest BCUT2D eigenvalue weighted by atomic mass is 9.95. The summed E-state index contributed by atoms with van der Waals surface area (Å²) >= 11 is 0. The van der Waals surface area contributed by atoms with Gasteiger partial charge in [-0.15, -0.1) is 0 Å². The van der Waals surface area contributed by atoms with E-state index in [2.05, 4.69) is 13.8 Å². The van der Waals surface area contributed by atoms with E-state index in [1.54, 1.807) is 9.47 Å². The van der Waals surface area contributed by atoms with Crippen molar-refractivity contribution >= 4 is 25.6 Å². The molecule has 0 aromatic carbocycles. The number of nitrogens with zero attached hydrogens (tertiary/aromatic N) is 2. The number of aryl methyl sites for hydroxylation is 1. The Balaban J connectivity index is 2.26. The summed E-state index contributed by atoms with van der Waals surface area (Å²) in [6.07, 6.45) is 2.42. The predicted octanol–water partition coefficient (Wildman–Crippen LogP) is 2.55. The molecule has 1 aliphatic heterocycles. The molecule has 0 bridgehead atoms. The van der Waals surface area contributed by atoms with Crippen LogP contribution in [0.1, 0.15) is 37.7 Å². The van der Waals surface area contributed by atoms with Gasteiger partial charge < -0.3 is 9.47 Å². The first-order valence-corrected chi connectivity index (χ1v) is 9.49. The number of halogens is 1. The zero-order chi connectivity index (χ0) is 15.8. The second-order valence-corrected chi connectivity index (χ2v) is 8.39. The maximum absolute atomic E-state index is 12.6. The van der Waals surface area contributed by atoms with Crippen molar-refractivity contribution in [3.8, 4) is 0 Å². The van der Waals surface area contributed by atoms with Gasteiger partial charge in [0, 0.05) is 36.5 Å². The highest BCUT2D eigenvalue weighted by Gasteiger charge is 2.30. The largest absolute Gasteiger partial charge is 0.342 e. The van der Waals surface area contributed by atoms with E-state index in [-0.39, 0.29) is 10.8 Å². The number of carbonyl (C=O) groups excluding carboxylic acids is 1. The molecule has 1 unspecified atom stereocenters. The average molecular weight is 333 g/mol. The van der Waals surface area contributed by atoms with Crippen LogP contribution in [0.3, 0.4) is 0 Å². The fraction of sp³-hybridized carbons (Fsp3) is 0.643. The third kappa shape index (κ3) is 3.43. The van der Waals surface area contributed by atoms with Gasteiger partial charge in [0.15, 0.2) is 0 Å². The number of amides is 1. The Morgan fingerprint density at radius 2 is 2.14 bits per heavy atom. The number of aromatic nitrogens is 1. The molecular formula is C14H21ClN2O3S. The minimum atomic E-state index is -3.82. The molecule has 0 saturated carbocycles. The van der Waals surface area contributed by atoms with Gasteiger partial charge in [-0.1, -0.05) is 13.8 Å². The monoisotopic (exact) mass is 332 g/mol. The van der Waals surface area contributed by atoms with E-state index in [1.165, 1.54) is 12.3 Å². The van der Waals surface area contributed by atoms with E-state index in [0.717, 1.165) is 19.5 Å². The molecule has 1 saturated heterocycles. The van der Waals surface area contributed by atoms with Gasteiger partial charge in [0.05, 0.1) is 0 Å². The van der Waals surface area contributed by atoms with Crippen molar-refractivity contribution in [3.05, 3.63) is 18.0 Å². The number of hydrogen-bond acceptors (Lipinski definition) is 3. The summed E-state index contributed by atoms with van der Waals surface area (Å²) in [7, 11) is 1.55. The Kier molecular flexibility index (Phi) is 4.68. The summed E-state index contributed by atoms with van der Waals surface area (Å²) in [5.74, 6) is 0.932. The van der Waals surface area contributed by atoms with Crippen molar-refractivity contribution in [1.82, 2.24) is 9.47 Å².